The van der Waals surface area contributed by atoms with Gasteiger partial charge in [0.1, 0.15) is 16.9 Å². The minimum atomic E-state index is 0.734. The number of nitrogens with zero attached hydrogens (tertiary/aromatic N) is 4. The molecule has 0 amide bonds. The molecule has 0 unspecified atom stereocenters. The molecule has 2 aromatic heterocycles. The topological polar surface area (TPSA) is 52.8 Å². The zero-order chi connectivity index (χ0) is 31.3. The second-order valence-corrected chi connectivity index (χ2v) is 14.3. The van der Waals surface area contributed by atoms with E-state index in [1.165, 1.54) is 173 Å². The number of hydrogen-bond acceptors (Lipinski definition) is 5. The normalized spacial score (nSPS) is 11.6. The van der Waals surface area contributed by atoms with E-state index in [2.05, 4.69) is 23.8 Å². The van der Waals surface area contributed by atoms with E-state index in [-0.39, 0.29) is 0 Å². The van der Waals surface area contributed by atoms with Crippen molar-refractivity contribution in [3.63, 3.8) is 0 Å². The molecule has 0 spiro atoms. The van der Waals surface area contributed by atoms with E-state index in [0.717, 1.165) is 40.7 Å². The van der Waals surface area contributed by atoms with E-state index in [4.69, 9.17) is 9.84 Å². The molecule has 2 aromatic rings. The van der Waals surface area contributed by atoms with Crippen LogP contribution in [0.25, 0.3) is 11.0 Å². The summed E-state index contributed by atoms with van der Waals surface area (Å²) in [6.07, 6.45) is 40.4. The number of unbranched alkanes of at least 4 members (excludes halogenated alkanes) is 26. The van der Waals surface area contributed by atoms with Crippen LogP contribution in [0.3, 0.4) is 0 Å². The molecular weight excluding hydrogens is 561 g/mol. The number of aromatic nitrogens is 4. The van der Waals surface area contributed by atoms with Gasteiger partial charge in [-0.3, -0.25) is 0 Å². The maximum absolute atomic E-state index is 6.18. The Morgan fingerprint density at radius 2 is 0.932 bits per heavy atom. The molecule has 0 fully saturated rings. The van der Waals surface area contributed by atoms with Crippen LogP contribution in [0.15, 0.2) is 11.4 Å². The minimum Gasteiger partial charge on any atom is -0.476 e. The van der Waals surface area contributed by atoms with Gasteiger partial charge in [0.15, 0.2) is 5.52 Å². The van der Waals surface area contributed by atoms with Gasteiger partial charge < -0.3 is 4.74 Å². The Bertz CT molecular complexity index is 918. The third-order valence-corrected chi connectivity index (χ3v) is 10.1. The molecule has 0 aliphatic heterocycles. The first-order chi connectivity index (χ1) is 21.8. The molecule has 0 saturated carbocycles. The maximum Gasteiger partial charge on any atom is 0.239 e. The van der Waals surface area contributed by atoms with Crippen molar-refractivity contribution in [1.29, 1.82) is 0 Å². The highest BCUT2D eigenvalue weighted by atomic mass is 32.2. The molecule has 0 radical (unpaired) electrons. The lowest BCUT2D eigenvalue weighted by atomic mass is 10.0. The van der Waals surface area contributed by atoms with E-state index < -0.39 is 0 Å². The van der Waals surface area contributed by atoms with Crippen molar-refractivity contribution in [2.24, 2.45) is 7.05 Å². The fourth-order valence-electron chi connectivity index (χ4n) is 6.16. The number of thioether (sulfide) groups is 1. The number of rotatable bonds is 32. The number of fused-ring (bicyclic) bond motifs is 1. The monoisotopic (exact) mass is 631 g/mol. The molecular formula is C38H70N4OS. The zero-order valence-electron chi connectivity index (χ0n) is 29.4. The number of hydrogen-bond donors (Lipinski definition) is 0. The van der Waals surface area contributed by atoms with Crippen molar-refractivity contribution in [1.82, 2.24) is 19.7 Å². The van der Waals surface area contributed by atoms with E-state index in [0.29, 0.717) is 0 Å². The lowest BCUT2D eigenvalue weighted by molar-refractivity contribution is 0.282. The van der Waals surface area contributed by atoms with Crippen LogP contribution in [0, 0.1) is 0 Å². The molecule has 0 bridgehead atoms. The van der Waals surface area contributed by atoms with Crippen LogP contribution in [0.2, 0.25) is 0 Å². The van der Waals surface area contributed by atoms with Gasteiger partial charge >= 0.3 is 0 Å². The Labute approximate surface area is 276 Å². The lowest BCUT2D eigenvalue weighted by Crippen LogP contribution is -2.02. The van der Waals surface area contributed by atoms with Crippen molar-refractivity contribution >= 4 is 22.8 Å². The second kappa shape index (κ2) is 28.0. The largest absolute Gasteiger partial charge is 0.476 e. The minimum absolute atomic E-state index is 0.734. The molecule has 44 heavy (non-hydrogen) atoms. The third kappa shape index (κ3) is 18.6. The maximum atomic E-state index is 6.18. The van der Waals surface area contributed by atoms with Crippen LogP contribution < -0.4 is 4.74 Å². The summed E-state index contributed by atoms with van der Waals surface area (Å²) in [5, 5.41) is 5.73. The quantitative estimate of drug-likeness (QED) is 0.0457. The summed E-state index contributed by atoms with van der Waals surface area (Å²) in [7, 11) is 1.96. The third-order valence-electron chi connectivity index (χ3n) is 9.01. The second-order valence-electron chi connectivity index (χ2n) is 13.2. The van der Waals surface area contributed by atoms with Crippen LogP contribution in [0.5, 0.6) is 5.88 Å². The van der Waals surface area contributed by atoms with E-state index in [1.54, 1.807) is 6.33 Å². The molecule has 0 aromatic carbocycles. The highest BCUT2D eigenvalue weighted by molar-refractivity contribution is 7.99. The smallest absolute Gasteiger partial charge is 0.239 e. The molecule has 254 valence electrons. The zero-order valence-corrected chi connectivity index (χ0v) is 30.2. The molecule has 0 N–H and O–H groups in total. The van der Waals surface area contributed by atoms with Gasteiger partial charge in [0, 0.05) is 7.05 Å². The first kappa shape index (κ1) is 38.9. The van der Waals surface area contributed by atoms with E-state index in [1.807, 2.05) is 23.5 Å². The van der Waals surface area contributed by atoms with Crippen LogP contribution in [0.1, 0.15) is 194 Å². The van der Waals surface area contributed by atoms with Gasteiger partial charge in [0.05, 0.1) is 6.61 Å². The van der Waals surface area contributed by atoms with Gasteiger partial charge in [-0.05, 0) is 18.6 Å². The Balaban J connectivity index is 1.48. The van der Waals surface area contributed by atoms with E-state index in [9.17, 15) is 0 Å². The summed E-state index contributed by atoms with van der Waals surface area (Å²) in [5.74, 6) is 1.88. The lowest BCUT2D eigenvalue weighted by Gasteiger charge is -2.06. The predicted molar refractivity (Wildman–Crippen MR) is 193 cm³/mol. The predicted octanol–water partition coefficient (Wildman–Crippen LogP) is 12.8. The SMILES string of the molecule is CCCCCCCCCCCCCCCCOc1c2ncnc(SCCCCCCCCCCCCCCCC)c2nn1C. The van der Waals surface area contributed by atoms with Crippen molar-refractivity contribution in [3.8, 4) is 5.88 Å². The van der Waals surface area contributed by atoms with Gasteiger partial charge in [-0.25, -0.2) is 14.6 Å². The summed E-state index contributed by atoms with van der Waals surface area (Å²) in [4.78, 5) is 9.10. The molecule has 0 saturated heterocycles. The molecule has 2 heterocycles. The summed E-state index contributed by atoms with van der Waals surface area (Å²) in [6, 6.07) is 0. The Morgan fingerprint density at radius 1 is 0.523 bits per heavy atom. The fraction of sp³-hybridized carbons (Fsp3) is 0.868. The van der Waals surface area contributed by atoms with Gasteiger partial charge in [-0.2, -0.15) is 5.10 Å². The van der Waals surface area contributed by atoms with Crippen molar-refractivity contribution < 1.29 is 4.74 Å². The highest BCUT2D eigenvalue weighted by Crippen LogP contribution is 2.30. The van der Waals surface area contributed by atoms with Crippen LogP contribution in [-0.2, 0) is 7.05 Å². The van der Waals surface area contributed by atoms with Crippen molar-refractivity contribution in [3.05, 3.63) is 6.33 Å². The molecule has 2 rings (SSSR count). The van der Waals surface area contributed by atoms with Gasteiger partial charge in [0.2, 0.25) is 5.88 Å². The Kier molecular flexibility index (Phi) is 24.7. The summed E-state index contributed by atoms with van der Waals surface area (Å²) >= 11 is 1.82. The summed E-state index contributed by atoms with van der Waals surface area (Å²) < 4.78 is 8.03. The molecule has 5 nitrogen and oxygen atoms in total. The van der Waals surface area contributed by atoms with E-state index >= 15 is 0 Å². The van der Waals surface area contributed by atoms with Gasteiger partial charge in [0.25, 0.3) is 0 Å². The first-order valence-corrected chi connectivity index (χ1v) is 20.2. The highest BCUT2D eigenvalue weighted by Gasteiger charge is 2.16. The Hall–Kier alpha value is -1.30. The van der Waals surface area contributed by atoms with Gasteiger partial charge in [-0.1, -0.05) is 181 Å². The van der Waals surface area contributed by atoms with Gasteiger partial charge in [-0.15, -0.1) is 11.8 Å². The summed E-state index contributed by atoms with van der Waals surface area (Å²) in [5.41, 5.74) is 1.75. The molecule has 0 atom stereocenters. The average Bonchev–Trinajstić information content (AvgIpc) is 3.36. The standard InChI is InChI=1S/C38H70N4OS/c1-4-6-8-10-12-14-16-18-20-22-24-26-28-30-32-43-38-36-35(41-42(38)3)37(40-34-39-36)44-33-31-29-27-25-23-21-19-17-15-13-11-9-7-5-2/h34H,4-33H2,1-3H3. The van der Waals surface area contributed by atoms with Crippen molar-refractivity contribution in [2.75, 3.05) is 12.4 Å². The number of aryl methyl sites for hydroxylation is 1. The summed E-state index contributed by atoms with van der Waals surface area (Å²) in [6.45, 7) is 5.32. The fourth-order valence-corrected chi connectivity index (χ4v) is 7.09. The van der Waals surface area contributed by atoms with Crippen LogP contribution in [-0.4, -0.2) is 32.1 Å². The number of ether oxygens (including phenoxy) is 1. The first-order valence-electron chi connectivity index (χ1n) is 19.2. The molecule has 0 aliphatic carbocycles. The van der Waals surface area contributed by atoms with Crippen molar-refractivity contribution in [2.45, 2.75) is 199 Å². The van der Waals surface area contributed by atoms with Crippen LogP contribution >= 0.6 is 11.8 Å². The average molecular weight is 631 g/mol. The Morgan fingerprint density at radius 3 is 1.39 bits per heavy atom. The molecule has 0 aliphatic rings. The van der Waals surface area contributed by atoms with Crippen LogP contribution in [0.4, 0.5) is 0 Å². The molecule has 6 heteroatoms.